The van der Waals surface area contributed by atoms with E-state index in [1.807, 2.05) is 6.20 Å². The van der Waals surface area contributed by atoms with Gasteiger partial charge in [0.1, 0.15) is 5.01 Å². The highest BCUT2D eigenvalue weighted by Gasteiger charge is 2.59. The molecule has 1 aliphatic heterocycles. The first-order valence-corrected chi connectivity index (χ1v) is 15.6. The molecule has 5 heteroatoms. The van der Waals surface area contributed by atoms with Gasteiger partial charge in [-0.3, -0.25) is 4.79 Å². The van der Waals surface area contributed by atoms with Crippen LogP contribution in [0, 0.1) is 53.8 Å². The predicted molar refractivity (Wildman–Crippen MR) is 141 cm³/mol. The van der Waals surface area contributed by atoms with Crippen LogP contribution in [0.5, 0.6) is 0 Å². The monoisotopic (exact) mass is 498 g/mol. The maximum atomic E-state index is 14.1. The number of carbonyl (C=O) groups is 1. The molecular weight excluding hydrogens is 452 g/mol. The van der Waals surface area contributed by atoms with E-state index in [-0.39, 0.29) is 17.4 Å². The van der Waals surface area contributed by atoms with Crippen molar-refractivity contribution in [3.8, 4) is 0 Å². The Morgan fingerprint density at radius 2 is 1.97 bits per heavy atom. The second-order valence-corrected chi connectivity index (χ2v) is 14.2. The van der Waals surface area contributed by atoms with Gasteiger partial charge in [0.05, 0.1) is 6.04 Å². The van der Waals surface area contributed by atoms with Crippen LogP contribution >= 0.6 is 11.3 Å². The van der Waals surface area contributed by atoms with E-state index in [0.717, 1.165) is 79.5 Å². The summed E-state index contributed by atoms with van der Waals surface area (Å²) in [4.78, 5) is 22.3. The van der Waals surface area contributed by atoms with Crippen molar-refractivity contribution >= 4 is 17.2 Å². The Bertz CT molecular complexity index is 916. The van der Waals surface area contributed by atoms with Gasteiger partial charge in [0.2, 0.25) is 5.91 Å². The predicted octanol–water partition coefficient (Wildman–Crippen LogP) is 7.04. The normalized spacial score (nSPS) is 43.0. The number of ether oxygens (including phenoxy) is 1. The van der Waals surface area contributed by atoms with E-state index in [4.69, 9.17) is 4.74 Å². The molecule has 0 aromatic carbocycles. The van der Waals surface area contributed by atoms with E-state index in [2.05, 4.69) is 30.7 Å². The summed E-state index contributed by atoms with van der Waals surface area (Å²) in [6.07, 6.45) is 16.3. The molecule has 35 heavy (non-hydrogen) atoms. The standard InChI is InChI=1S/C30H46N2O2S/c1-4-34-18-20-7-9-22-21(16-20)8-10-24-23(22)13-14-30(3)25(24)11-12-26(30)29(33)32-15-5-6-27(32)28-31-17-19(2)35-28/h17,20-27H,4-16,18H2,1-3H3. The Balaban J connectivity index is 1.15. The molecule has 1 saturated heterocycles. The van der Waals surface area contributed by atoms with E-state index in [1.54, 1.807) is 11.3 Å². The van der Waals surface area contributed by atoms with Gasteiger partial charge in [-0.05, 0) is 125 Å². The molecule has 9 atom stereocenters. The highest BCUT2D eigenvalue weighted by atomic mass is 32.1. The van der Waals surface area contributed by atoms with Crippen LogP contribution in [0.3, 0.4) is 0 Å². The van der Waals surface area contributed by atoms with Gasteiger partial charge in [-0.15, -0.1) is 11.3 Å². The number of carbonyl (C=O) groups excluding carboxylic acids is 1. The first-order chi connectivity index (χ1) is 17.0. The maximum absolute atomic E-state index is 14.1. The molecule has 4 nitrogen and oxygen atoms in total. The van der Waals surface area contributed by atoms with Crippen LogP contribution in [0.2, 0.25) is 0 Å². The fraction of sp³-hybridized carbons (Fsp3) is 0.867. The molecule has 1 amide bonds. The summed E-state index contributed by atoms with van der Waals surface area (Å²) in [5.41, 5.74) is 0.211. The maximum Gasteiger partial charge on any atom is 0.226 e. The Morgan fingerprint density at radius 1 is 1.11 bits per heavy atom. The lowest BCUT2D eigenvalue weighted by Crippen LogP contribution is -2.51. The van der Waals surface area contributed by atoms with E-state index >= 15 is 0 Å². The number of aromatic nitrogens is 1. The molecule has 2 heterocycles. The van der Waals surface area contributed by atoms with Gasteiger partial charge in [0.25, 0.3) is 0 Å². The van der Waals surface area contributed by atoms with Crippen molar-refractivity contribution < 1.29 is 9.53 Å². The van der Waals surface area contributed by atoms with Crippen LogP contribution in [0.1, 0.15) is 100 Å². The second-order valence-electron chi connectivity index (χ2n) is 12.9. The van der Waals surface area contributed by atoms with Crippen LogP contribution < -0.4 is 0 Å². The van der Waals surface area contributed by atoms with Crippen LogP contribution in [0.25, 0.3) is 0 Å². The third-order valence-electron chi connectivity index (χ3n) is 11.4. The van der Waals surface area contributed by atoms with Crippen molar-refractivity contribution in [2.45, 2.75) is 97.4 Å². The number of likely N-dealkylation sites (tertiary alicyclic amines) is 1. The largest absolute Gasteiger partial charge is 0.381 e. The van der Waals surface area contributed by atoms with Gasteiger partial charge < -0.3 is 9.64 Å². The van der Waals surface area contributed by atoms with Crippen LogP contribution in [-0.4, -0.2) is 35.5 Å². The zero-order valence-corrected chi connectivity index (χ0v) is 23.0. The lowest BCUT2D eigenvalue weighted by atomic mass is 9.49. The van der Waals surface area contributed by atoms with Crippen molar-refractivity contribution in [3.05, 3.63) is 16.1 Å². The molecule has 1 aromatic rings. The second kappa shape index (κ2) is 9.74. The Labute approximate surface area is 216 Å². The zero-order chi connectivity index (χ0) is 24.2. The summed E-state index contributed by atoms with van der Waals surface area (Å²) < 4.78 is 5.80. The molecule has 4 saturated carbocycles. The topological polar surface area (TPSA) is 42.4 Å². The summed E-state index contributed by atoms with van der Waals surface area (Å²) in [6.45, 7) is 9.54. The summed E-state index contributed by atoms with van der Waals surface area (Å²) >= 11 is 1.79. The smallest absolute Gasteiger partial charge is 0.226 e. The molecule has 1 aromatic heterocycles. The fourth-order valence-electron chi connectivity index (χ4n) is 9.81. The van der Waals surface area contributed by atoms with Crippen molar-refractivity contribution in [2.75, 3.05) is 19.8 Å². The van der Waals surface area contributed by atoms with Crippen molar-refractivity contribution in [3.63, 3.8) is 0 Å². The summed E-state index contributed by atoms with van der Waals surface area (Å²) in [7, 11) is 0. The van der Waals surface area contributed by atoms with Crippen molar-refractivity contribution in [1.29, 1.82) is 0 Å². The fourth-order valence-corrected chi connectivity index (χ4v) is 10.7. The number of hydrogen-bond donors (Lipinski definition) is 0. The van der Waals surface area contributed by atoms with E-state index in [0.29, 0.717) is 5.91 Å². The van der Waals surface area contributed by atoms with Crippen LogP contribution in [0.15, 0.2) is 6.20 Å². The molecule has 0 bridgehead atoms. The Hall–Kier alpha value is -0.940. The minimum atomic E-state index is 0.211. The molecule has 0 spiro atoms. The molecule has 9 unspecified atom stereocenters. The Kier molecular flexibility index (Phi) is 6.79. The molecule has 0 radical (unpaired) electrons. The van der Waals surface area contributed by atoms with E-state index in [9.17, 15) is 4.79 Å². The molecule has 4 aliphatic carbocycles. The Morgan fingerprint density at radius 3 is 2.77 bits per heavy atom. The summed E-state index contributed by atoms with van der Waals surface area (Å²) in [6, 6.07) is 0.225. The molecule has 0 N–H and O–H groups in total. The first kappa shape index (κ1) is 24.4. The highest BCUT2D eigenvalue weighted by molar-refractivity contribution is 7.11. The number of rotatable bonds is 5. The zero-order valence-electron chi connectivity index (χ0n) is 22.2. The number of nitrogens with zero attached hydrogens (tertiary/aromatic N) is 2. The SMILES string of the molecule is CCOCC1CCC2C(CCC3C2CCC2(C)C(C(=O)N4CCCC4c4ncc(C)s4)CCC32)C1. The molecule has 5 aliphatic rings. The lowest BCUT2D eigenvalue weighted by molar-refractivity contribution is -0.144. The number of amides is 1. The third-order valence-corrected chi connectivity index (χ3v) is 12.4. The quantitative estimate of drug-likeness (QED) is 0.437. The number of thiazole rings is 1. The van der Waals surface area contributed by atoms with Gasteiger partial charge in [-0.2, -0.15) is 0 Å². The minimum Gasteiger partial charge on any atom is -0.381 e. The van der Waals surface area contributed by atoms with Crippen LogP contribution in [0.4, 0.5) is 0 Å². The third kappa shape index (κ3) is 4.21. The molecule has 5 fully saturated rings. The molecule has 194 valence electrons. The van der Waals surface area contributed by atoms with Crippen molar-refractivity contribution in [2.24, 2.45) is 46.8 Å². The van der Waals surface area contributed by atoms with Crippen LogP contribution in [-0.2, 0) is 9.53 Å². The molecular formula is C30H46N2O2S. The summed E-state index contributed by atoms with van der Waals surface area (Å²) in [5.74, 6) is 5.93. The van der Waals surface area contributed by atoms with E-state index < -0.39 is 0 Å². The van der Waals surface area contributed by atoms with Gasteiger partial charge in [-0.1, -0.05) is 6.92 Å². The van der Waals surface area contributed by atoms with Gasteiger partial charge in [-0.25, -0.2) is 4.98 Å². The molecule has 6 rings (SSSR count). The van der Waals surface area contributed by atoms with Gasteiger partial charge >= 0.3 is 0 Å². The first-order valence-electron chi connectivity index (χ1n) is 14.8. The lowest BCUT2D eigenvalue weighted by Gasteiger charge is -2.56. The van der Waals surface area contributed by atoms with Crippen molar-refractivity contribution in [1.82, 2.24) is 9.88 Å². The minimum absolute atomic E-state index is 0.211. The number of fused-ring (bicyclic) bond motifs is 5. The highest BCUT2D eigenvalue weighted by Crippen LogP contribution is 2.65. The average Bonchev–Trinajstić information content (AvgIpc) is 3.59. The van der Waals surface area contributed by atoms with E-state index in [1.165, 1.54) is 56.2 Å². The summed E-state index contributed by atoms with van der Waals surface area (Å²) in [5, 5.41) is 1.16. The van der Waals surface area contributed by atoms with Gasteiger partial charge in [0, 0.05) is 36.8 Å². The van der Waals surface area contributed by atoms with Gasteiger partial charge in [0.15, 0.2) is 0 Å². The number of hydrogen-bond acceptors (Lipinski definition) is 4. The average molecular weight is 499 g/mol. The number of aryl methyl sites for hydroxylation is 1.